The van der Waals surface area contributed by atoms with E-state index in [2.05, 4.69) is 20.5 Å². The second kappa shape index (κ2) is 5.35. The lowest BCUT2D eigenvalue weighted by Gasteiger charge is -2.03. The Morgan fingerprint density at radius 2 is 2.25 bits per heavy atom. The molecule has 4 nitrogen and oxygen atoms in total. The number of hydrogen-bond acceptors (Lipinski definition) is 3. The van der Waals surface area contributed by atoms with Crippen LogP contribution in [0.15, 0.2) is 6.33 Å². The van der Waals surface area contributed by atoms with Crippen molar-refractivity contribution >= 4 is 24.8 Å². The zero-order valence-corrected chi connectivity index (χ0v) is 8.12. The van der Waals surface area contributed by atoms with E-state index in [9.17, 15) is 0 Å². The molecule has 12 heavy (non-hydrogen) atoms. The maximum atomic E-state index is 4.07. The average Bonchev–Trinajstić information content (AvgIpc) is 2.59. The minimum atomic E-state index is 0. The van der Waals surface area contributed by atoms with Crippen LogP contribution in [0.1, 0.15) is 24.7 Å². The van der Waals surface area contributed by atoms with Crippen molar-refractivity contribution in [3.05, 3.63) is 12.2 Å². The highest BCUT2D eigenvalue weighted by atomic mass is 35.5. The minimum absolute atomic E-state index is 0. The Morgan fingerprint density at radius 1 is 1.42 bits per heavy atom. The van der Waals surface area contributed by atoms with Crippen LogP contribution in [0, 0.1) is 0 Å². The van der Waals surface area contributed by atoms with Gasteiger partial charge in [0.2, 0.25) is 0 Å². The van der Waals surface area contributed by atoms with Crippen LogP contribution in [-0.4, -0.2) is 21.7 Å². The lowest BCUT2D eigenvalue weighted by atomic mass is 10.2. The molecule has 0 bridgehead atoms. The Balaban J connectivity index is 0.000000605. The fourth-order valence-electron chi connectivity index (χ4n) is 1.30. The topological polar surface area (TPSA) is 53.6 Å². The fourth-order valence-corrected chi connectivity index (χ4v) is 1.30. The Kier molecular flexibility index (Phi) is 5.20. The Labute approximate surface area is 83.4 Å². The Morgan fingerprint density at radius 3 is 2.75 bits per heavy atom. The maximum absolute atomic E-state index is 4.07. The van der Waals surface area contributed by atoms with Crippen molar-refractivity contribution in [3.63, 3.8) is 0 Å². The molecule has 0 aliphatic carbocycles. The number of nitrogens with zero attached hydrogens (tertiary/aromatic N) is 2. The van der Waals surface area contributed by atoms with Crippen LogP contribution in [0.4, 0.5) is 0 Å². The van der Waals surface area contributed by atoms with Crippen molar-refractivity contribution in [1.82, 2.24) is 20.5 Å². The van der Waals surface area contributed by atoms with Crippen LogP contribution in [0.5, 0.6) is 0 Å². The molecule has 1 aliphatic heterocycles. The molecule has 1 saturated heterocycles. The first-order chi connectivity index (χ1) is 4.97. The first-order valence-corrected chi connectivity index (χ1v) is 3.55. The highest BCUT2D eigenvalue weighted by Crippen LogP contribution is 2.18. The number of hydrogen-bond donors (Lipinski definition) is 2. The molecule has 2 heterocycles. The smallest absolute Gasteiger partial charge is 0.141 e. The molecule has 1 aliphatic rings. The highest BCUT2D eigenvalue weighted by Gasteiger charge is 2.17. The van der Waals surface area contributed by atoms with Crippen LogP contribution in [0.2, 0.25) is 0 Å². The van der Waals surface area contributed by atoms with Gasteiger partial charge in [0.15, 0.2) is 0 Å². The second-order valence-corrected chi connectivity index (χ2v) is 2.52. The van der Waals surface area contributed by atoms with Crippen LogP contribution in [0.25, 0.3) is 0 Å². The monoisotopic (exact) mass is 210 g/mol. The number of aromatic nitrogens is 3. The molecule has 1 aromatic rings. The van der Waals surface area contributed by atoms with E-state index in [0.717, 1.165) is 12.4 Å². The van der Waals surface area contributed by atoms with Crippen molar-refractivity contribution in [2.45, 2.75) is 18.9 Å². The molecule has 0 spiro atoms. The van der Waals surface area contributed by atoms with Crippen molar-refractivity contribution in [3.8, 4) is 0 Å². The molecule has 1 atom stereocenters. The van der Waals surface area contributed by atoms with Crippen LogP contribution < -0.4 is 5.32 Å². The molecule has 70 valence electrons. The molecule has 0 radical (unpaired) electrons. The average molecular weight is 211 g/mol. The molecule has 1 aromatic heterocycles. The van der Waals surface area contributed by atoms with Gasteiger partial charge in [-0.15, -0.1) is 24.8 Å². The summed E-state index contributed by atoms with van der Waals surface area (Å²) in [5, 5.41) is 9.97. The number of rotatable bonds is 1. The second-order valence-electron chi connectivity index (χ2n) is 2.52. The molecule has 6 heteroatoms. The van der Waals surface area contributed by atoms with Gasteiger partial charge < -0.3 is 5.32 Å². The SMILES string of the molecule is Cl.Cl.c1n[nH]c([C@H]2CCCN2)n1. The van der Waals surface area contributed by atoms with Crippen molar-refractivity contribution < 1.29 is 0 Å². The number of H-pyrrole nitrogens is 1. The summed E-state index contributed by atoms with van der Waals surface area (Å²) in [7, 11) is 0. The summed E-state index contributed by atoms with van der Waals surface area (Å²) >= 11 is 0. The van der Waals surface area contributed by atoms with Gasteiger partial charge in [0.05, 0.1) is 6.04 Å². The molecule has 0 saturated carbocycles. The third kappa shape index (κ3) is 2.33. The van der Waals surface area contributed by atoms with Gasteiger partial charge in [-0.2, -0.15) is 5.10 Å². The van der Waals surface area contributed by atoms with E-state index >= 15 is 0 Å². The highest BCUT2D eigenvalue weighted by molar-refractivity contribution is 5.85. The minimum Gasteiger partial charge on any atom is -0.307 e. The summed E-state index contributed by atoms with van der Waals surface area (Å²) in [6.45, 7) is 1.10. The van der Waals surface area contributed by atoms with Gasteiger partial charge in [-0.05, 0) is 19.4 Å². The molecule has 2 N–H and O–H groups in total. The molecule has 1 fully saturated rings. The molecule has 0 aromatic carbocycles. The normalized spacial score (nSPS) is 21.2. The van der Waals surface area contributed by atoms with Crippen molar-refractivity contribution in [2.75, 3.05) is 6.54 Å². The first kappa shape index (κ1) is 11.7. The summed E-state index contributed by atoms with van der Waals surface area (Å²) in [6, 6.07) is 0.419. The van der Waals surface area contributed by atoms with E-state index in [-0.39, 0.29) is 24.8 Å². The van der Waals surface area contributed by atoms with Crippen molar-refractivity contribution in [1.29, 1.82) is 0 Å². The van der Waals surface area contributed by atoms with Gasteiger partial charge in [-0.25, -0.2) is 4.98 Å². The zero-order chi connectivity index (χ0) is 6.81. The molecule has 0 unspecified atom stereocenters. The predicted octanol–water partition coefficient (Wildman–Crippen LogP) is 1.07. The fraction of sp³-hybridized carbons (Fsp3) is 0.667. The Hall–Kier alpha value is -0.320. The van der Waals surface area contributed by atoms with Gasteiger partial charge in [0, 0.05) is 0 Å². The van der Waals surface area contributed by atoms with Crippen LogP contribution >= 0.6 is 24.8 Å². The van der Waals surface area contributed by atoms with E-state index in [1.165, 1.54) is 12.8 Å². The van der Waals surface area contributed by atoms with Gasteiger partial charge in [-0.3, -0.25) is 5.10 Å². The third-order valence-electron chi connectivity index (χ3n) is 1.82. The molecule has 2 rings (SSSR count). The van der Waals surface area contributed by atoms with Gasteiger partial charge in [-0.1, -0.05) is 0 Å². The van der Waals surface area contributed by atoms with E-state index in [0.29, 0.717) is 6.04 Å². The maximum Gasteiger partial charge on any atom is 0.141 e. The molecular formula is C6H12Cl2N4. The standard InChI is InChI=1S/C6H10N4.2ClH/c1-2-5(7-3-1)6-8-4-9-10-6;;/h4-5,7H,1-3H2,(H,8,9,10);2*1H/t5-;;/m1../s1. The number of halogens is 2. The molecule has 0 amide bonds. The van der Waals surface area contributed by atoms with Crippen molar-refractivity contribution in [2.24, 2.45) is 0 Å². The summed E-state index contributed by atoms with van der Waals surface area (Å²) in [6.07, 6.45) is 3.97. The quantitative estimate of drug-likeness (QED) is 0.730. The summed E-state index contributed by atoms with van der Waals surface area (Å²) in [4.78, 5) is 4.07. The summed E-state index contributed by atoms with van der Waals surface area (Å²) < 4.78 is 0. The van der Waals surface area contributed by atoms with Crippen LogP contribution in [0.3, 0.4) is 0 Å². The summed E-state index contributed by atoms with van der Waals surface area (Å²) in [5.74, 6) is 0.970. The largest absolute Gasteiger partial charge is 0.307 e. The van der Waals surface area contributed by atoms with Crippen LogP contribution in [-0.2, 0) is 0 Å². The van der Waals surface area contributed by atoms with E-state index < -0.39 is 0 Å². The lowest BCUT2D eigenvalue weighted by Crippen LogP contribution is -2.14. The number of aromatic amines is 1. The number of nitrogens with one attached hydrogen (secondary N) is 2. The zero-order valence-electron chi connectivity index (χ0n) is 6.49. The lowest BCUT2D eigenvalue weighted by molar-refractivity contribution is 0.608. The van der Waals surface area contributed by atoms with E-state index in [1.54, 1.807) is 6.33 Å². The molecular weight excluding hydrogens is 199 g/mol. The van der Waals surface area contributed by atoms with Gasteiger partial charge >= 0.3 is 0 Å². The first-order valence-electron chi connectivity index (χ1n) is 3.55. The Bertz CT molecular complexity index is 195. The van der Waals surface area contributed by atoms with E-state index in [1.807, 2.05) is 0 Å². The predicted molar refractivity (Wildman–Crippen MR) is 50.9 cm³/mol. The van der Waals surface area contributed by atoms with Gasteiger partial charge in [0.25, 0.3) is 0 Å². The summed E-state index contributed by atoms with van der Waals surface area (Å²) in [5.41, 5.74) is 0. The third-order valence-corrected chi connectivity index (χ3v) is 1.82. The van der Waals surface area contributed by atoms with Gasteiger partial charge in [0.1, 0.15) is 12.2 Å². The van der Waals surface area contributed by atoms with E-state index in [4.69, 9.17) is 0 Å².